The average Bonchev–Trinajstić information content (AvgIpc) is 2.97. The van der Waals surface area contributed by atoms with Gasteiger partial charge in [0.25, 0.3) is 0 Å². The number of anilines is 1. The van der Waals surface area contributed by atoms with Crippen LogP contribution >= 0.6 is 11.6 Å². The number of fused-ring (bicyclic) bond motifs is 1. The number of rotatable bonds is 8. The largest absolute Gasteiger partial charge is 0.396 e. The van der Waals surface area contributed by atoms with E-state index >= 15 is 4.39 Å². The van der Waals surface area contributed by atoms with Crippen LogP contribution in [0.1, 0.15) is 25.3 Å². The minimum absolute atomic E-state index is 0.0557. The average molecular weight is 581 g/mol. The maximum Gasteiger partial charge on any atom is 0.246 e. The number of carbonyl (C=O) groups is 1. The number of amidine groups is 1. The van der Waals surface area contributed by atoms with Crippen molar-refractivity contribution in [1.29, 1.82) is 5.26 Å². The molecule has 1 amide bonds. The maximum absolute atomic E-state index is 16.0. The number of carbonyl (C=O) groups excluding carboxylic acids is 1. The van der Waals surface area contributed by atoms with Crippen molar-refractivity contribution < 1.29 is 18.3 Å². The number of hydrogen-bond donors (Lipinski definition) is 1. The topological polar surface area (TPSA) is 108 Å². The minimum atomic E-state index is -0.773. The van der Waals surface area contributed by atoms with Crippen molar-refractivity contribution in [3.63, 3.8) is 0 Å². The number of halogens is 3. The van der Waals surface area contributed by atoms with Gasteiger partial charge >= 0.3 is 0 Å². The predicted octanol–water partition coefficient (Wildman–Crippen LogP) is 5.20. The normalized spacial score (nSPS) is 16.0. The van der Waals surface area contributed by atoms with Crippen LogP contribution in [0.2, 0.25) is 5.02 Å². The summed E-state index contributed by atoms with van der Waals surface area (Å²) < 4.78 is 35.2. The van der Waals surface area contributed by atoms with E-state index in [4.69, 9.17) is 27.1 Å². The van der Waals surface area contributed by atoms with Gasteiger partial charge in [0.15, 0.2) is 5.82 Å². The molecule has 214 valence electrons. The molecule has 1 aliphatic heterocycles. The number of nitrogens with two attached hydrogens (primary N) is 1. The number of pyridine rings is 1. The number of piperazine rings is 1. The van der Waals surface area contributed by atoms with E-state index in [1.807, 2.05) is 11.8 Å². The lowest BCUT2D eigenvalue weighted by molar-refractivity contribution is -0.130. The fourth-order valence-corrected chi connectivity index (χ4v) is 5.18. The highest BCUT2D eigenvalue weighted by Gasteiger charge is 2.32. The lowest BCUT2D eigenvalue weighted by Gasteiger charge is -2.41. The molecule has 4 rings (SSSR count). The number of amides is 1. The molecule has 11 heteroatoms. The molecule has 2 N–H and O–H groups in total. The number of aliphatic imine (C=N–C) groups is 1. The first-order valence-corrected chi connectivity index (χ1v) is 13.6. The Bertz CT molecular complexity index is 1540. The van der Waals surface area contributed by atoms with Crippen LogP contribution in [0.5, 0.6) is 0 Å². The molecule has 1 atom stereocenters. The summed E-state index contributed by atoms with van der Waals surface area (Å²) in [7, 11) is 1.54. The van der Waals surface area contributed by atoms with Gasteiger partial charge in [0.2, 0.25) is 5.91 Å². The molecule has 0 aliphatic carbocycles. The Labute approximate surface area is 242 Å². The molecule has 2 aromatic carbocycles. The van der Waals surface area contributed by atoms with Crippen molar-refractivity contribution in [2.45, 2.75) is 25.8 Å². The Morgan fingerprint density at radius 3 is 2.85 bits per heavy atom. The van der Waals surface area contributed by atoms with Crippen molar-refractivity contribution in [2.75, 3.05) is 45.6 Å². The molecule has 0 radical (unpaired) electrons. The molecule has 0 bridgehead atoms. The first-order chi connectivity index (χ1) is 19.8. The molecule has 41 heavy (non-hydrogen) atoms. The van der Waals surface area contributed by atoms with Crippen molar-refractivity contribution in [3.05, 3.63) is 70.9 Å². The zero-order valence-electron chi connectivity index (χ0n) is 22.9. The van der Waals surface area contributed by atoms with Crippen LogP contribution in [0, 0.1) is 23.0 Å². The van der Waals surface area contributed by atoms with Gasteiger partial charge in [-0.3, -0.25) is 14.8 Å². The quantitative estimate of drug-likeness (QED) is 0.223. The van der Waals surface area contributed by atoms with Crippen LogP contribution < -0.4 is 5.73 Å². The second-order valence-corrected chi connectivity index (χ2v) is 9.95. The van der Waals surface area contributed by atoms with Crippen molar-refractivity contribution in [1.82, 2.24) is 14.8 Å². The van der Waals surface area contributed by atoms with Crippen LogP contribution in [0.25, 0.3) is 22.0 Å². The van der Waals surface area contributed by atoms with Gasteiger partial charge in [0, 0.05) is 56.5 Å². The third-order valence-corrected chi connectivity index (χ3v) is 7.26. The fraction of sp³-hybridized carbons (Fsp3) is 0.333. The number of methoxy groups -OCH3 is 1. The maximum atomic E-state index is 16.0. The fourth-order valence-electron chi connectivity index (χ4n) is 4.91. The number of benzene rings is 2. The van der Waals surface area contributed by atoms with Gasteiger partial charge in [-0.15, -0.1) is 0 Å². The molecule has 1 aliphatic rings. The van der Waals surface area contributed by atoms with Crippen LogP contribution in [0.15, 0.2) is 53.7 Å². The Morgan fingerprint density at radius 1 is 1.32 bits per heavy atom. The van der Waals surface area contributed by atoms with Gasteiger partial charge in [-0.1, -0.05) is 48.9 Å². The van der Waals surface area contributed by atoms with E-state index in [1.54, 1.807) is 35.2 Å². The molecule has 2 heterocycles. The summed E-state index contributed by atoms with van der Waals surface area (Å²) in [5.41, 5.74) is 6.78. The summed E-state index contributed by atoms with van der Waals surface area (Å²) in [6, 6.07) is 9.66. The number of nitrogens with zero attached hydrogens (tertiary/aromatic N) is 5. The molecule has 0 unspecified atom stereocenters. The first kappa shape index (κ1) is 29.9. The van der Waals surface area contributed by atoms with E-state index in [0.717, 1.165) is 6.42 Å². The van der Waals surface area contributed by atoms with E-state index in [9.17, 15) is 14.4 Å². The van der Waals surface area contributed by atoms with Gasteiger partial charge in [-0.05, 0) is 17.9 Å². The Morgan fingerprint density at radius 2 is 2.12 bits per heavy atom. The number of nitrogen functional groups attached to an aromatic ring is 1. The third-order valence-electron chi connectivity index (χ3n) is 6.89. The second kappa shape index (κ2) is 13.5. The lowest BCUT2D eigenvalue weighted by Crippen LogP contribution is -2.56. The lowest BCUT2D eigenvalue weighted by atomic mass is 9.99. The Kier molecular flexibility index (Phi) is 9.86. The zero-order valence-corrected chi connectivity index (χ0v) is 23.7. The third kappa shape index (κ3) is 6.32. The highest BCUT2D eigenvalue weighted by molar-refractivity contribution is 6.36. The summed E-state index contributed by atoms with van der Waals surface area (Å²) in [4.78, 5) is 25.5. The number of ether oxygens (including phenoxy) is 1. The number of aromatic nitrogens is 1. The van der Waals surface area contributed by atoms with Crippen LogP contribution in [0.3, 0.4) is 0 Å². The molecule has 0 saturated carbocycles. The monoisotopic (exact) mass is 580 g/mol. The zero-order chi connectivity index (χ0) is 29.5. The highest BCUT2D eigenvalue weighted by Crippen LogP contribution is 2.37. The molecular formula is C30H31ClF2N6O2. The molecular weight excluding hydrogens is 550 g/mol. The molecule has 3 aromatic rings. The van der Waals surface area contributed by atoms with Crippen molar-refractivity contribution in [2.24, 2.45) is 4.99 Å². The van der Waals surface area contributed by atoms with Gasteiger partial charge in [0.05, 0.1) is 41.4 Å². The van der Waals surface area contributed by atoms with E-state index in [0.29, 0.717) is 60.5 Å². The predicted molar refractivity (Wildman–Crippen MR) is 157 cm³/mol. The molecule has 0 spiro atoms. The van der Waals surface area contributed by atoms with E-state index < -0.39 is 17.7 Å². The van der Waals surface area contributed by atoms with Crippen LogP contribution in [-0.2, 0) is 9.53 Å². The Hall–Kier alpha value is -4.07. The number of hydrogen-bond acceptors (Lipinski definition) is 6. The van der Waals surface area contributed by atoms with E-state index in [2.05, 4.69) is 11.1 Å². The number of nitriles is 1. The molecule has 1 fully saturated rings. The standard InChI is InChI=1S/C30H31ClF2N6O2/c1-3-13-36-30(38-14-15-39(20(18-38)11-12-34)24(40)8-5-16-41-2)22-17-37-29(27(33)28(22)35)21-7-4-6-19-9-10-23(32)26(31)25(19)21/h4-10,17,20H,3,11,13-16,18H2,1-2H3,(H2,35,37)/b8-5+,36-30?/t20-/m0/s1. The molecule has 8 nitrogen and oxygen atoms in total. The van der Waals surface area contributed by atoms with E-state index in [1.165, 1.54) is 25.4 Å². The highest BCUT2D eigenvalue weighted by atomic mass is 35.5. The summed E-state index contributed by atoms with van der Waals surface area (Å²) in [6.07, 6.45) is 5.37. The summed E-state index contributed by atoms with van der Waals surface area (Å²) in [5.74, 6) is -1.17. The van der Waals surface area contributed by atoms with Crippen LogP contribution in [-0.4, -0.2) is 72.5 Å². The van der Waals surface area contributed by atoms with E-state index in [-0.39, 0.29) is 28.7 Å². The first-order valence-electron chi connectivity index (χ1n) is 13.3. The minimum Gasteiger partial charge on any atom is -0.396 e. The summed E-state index contributed by atoms with van der Waals surface area (Å²) in [6.45, 7) is 3.77. The molecule has 1 aromatic heterocycles. The van der Waals surface area contributed by atoms with Gasteiger partial charge < -0.3 is 20.3 Å². The summed E-state index contributed by atoms with van der Waals surface area (Å²) in [5, 5.41) is 10.3. The molecule has 1 saturated heterocycles. The van der Waals surface area contributed by atoms with Crippen LogP contribution in [0.4, 0.5) is 14.5 Å². The summed E-state index contributed by atoms with van der Waals surface area (Å²) >= 11 is 6.28. The smallest absolute Gasteiger partial charge is 0.246 e. The van der Waals surface area contributed by atoms with Gasteiger partial charge in [0.1, 0.15) is 17.3 Å². The van der Waals surface area contributed by atoms with Gasteiger partial charge in [-0.25, -0.2) is 8.78 Å². The Balaban J connectivity index is 1.71. The second-order valence-electron chi connectivity index (χ2n) is 9.57. The van der Waals surface area contributed by atoms with Crippen molar-refractivity contribution >= 4 is 39.8 Å². The van der Waals surface area contributed by atoms with Gasteiger partial charge in [-0.2, -0.15) is 5.26 Å². The van der Waals surface area contributed by atoms with Crippen molar-refractivity contribution in [3.8, 4) is 17.3 Å². The SMILES string of the molecule is CCCN=C(c1cnc(-c2cccc3ccc(F)c(Cl)c23)c(F)c1N)N1CCN(C(=O)/C=C/COC)[C@@H](CC#N)C1.